The van der Waals surface area contributed by atoms with Gasteiger partial charge in [0.05, 0.1) is 0 Å². The average Bonchev–Trinajstić information content (AvgIpc) is 2.49. The number of aromatic hydroxyl groups is 1. The van der Waals surface area contributed by atoms with Crippen LogP contribution in [0.3, 0.4) is 0 Å². The molecular formula is C15H17N3O2. The Balaban J connectivity index is 1.83. The Hall–Kier alpha value is -2.53. The maximum Gasteiger partial charge on any atom is 0.251 e. The number of benzene rings is 2. The molecule has 1 amide bonds. The van der Waals surface area contributed by atoms with Crippen LogP contribution in [-0.2, 0) is 6.42 Å². The lowest BCUT2D eigenvalue weighted by Gasteiger charge is -2.06. The minimum Gasteiger partial charge on any atom is -0.508 e. The fourth-order valence-electron chi connectivity index (χ4n) is 1.80. The zero-order chi connectivity index (χ0) is 14.4. The van der Waals surface area contributed by atoms with Gasteiger partial charge in [-0.3, -0.25) is 10.6 Å². The van der Waals surface area contributed by atoms with Crippen molar-refractivity contribution in [1.82, 2.24) is 5.32 Å². The van der Waals surface area contributed by atoms with Gasteiger partial charge in [-0.25, -0.2) is 0 Å². The van der Waals surface area contributed by atoms with Crippen molar-refractivity contribution in [3.8, 4) is 5.75 Å². The van der Waals surface area contributed by atoms with Crippen molar-refractivity contribution < 1.29 is 9.90 Å². The summed E-state index contributed by atoms with van der Waals surface area (Å²) >= 11 is 0. The smallest absolute Gasteiger partial charge is 0.251 e. The quantitative estimate of drug-likeness (QED) is 0.492. The zero-order valence-corrected chi connectivity index (χ0v) is 11.0. The Morgan fingerprint density at radius 3 is 2.30 bits per heavy atom. The second-order valence-corrected chi connectivity index (χ2v) is 4.39. The maximum absolute atomic E-state index is 11.9. The van der Waals surface area contributed by atoms with Crippen LogP contribution in [0, 0.1) is 0 Å². The number of carbonyl (C=O) groups excluding carboxylic acids is 1. The molecule has 0 spiro atoms. The van der Waals surface area contributed by atoms with Crippen molar-refractivity contribution >= 4 is 11.6 Å². The van der Waals surface area contributed by atoms with Crippen LogP contribution in [0.4, 0.5) is 5.69 Å². The molecule has 0 saturated carbocycles. The largest absolute Gasteiger partial charge is 0.508 e. The first-order valence-corrected chi connectivity index (χ1v) is 6.32. The molecule has 2 aromatic rings. The predicted molar refractivity (Wildman–Crippen MR) is 78.4 cm³/mol. The Bertz CT molecular complexity index is 565. The number of hydrogen-bond acceptors (Lipinski definition) is 4. The minimum atomic E-state index is -0.118. The van der Waals surface area contributed by atoms with Gasteiger partial charge in [-0.05, 0) is 48.4 Å². The van der Waals surface area contributed by atoms with Gasteiger partial charge < -0.3 is 15.8 Å². The van der Waals surface area contributed by atoms with Gasteiger partial charge >= 0.3 is 0 Å². The van der Waals surface area contributed by atoms with Crippen molar-refractivity contribution in [3.05, 3.63) is 59.7 Å². The van der Waals surface area contributed by atoms with E-state index in [0.717, 1.165) is 11.3 Å². The van der Waals surface area contributed by atoms with E-state index < -0.39 is 0 Å². The van der Waals surface area contributed by atoms with Gasteiger partial charge in [0.15, 0.2) is 0 Å². The van der Waals surface area contributed by atoms with E-state index in [1.54, 1.807) is 36.4 Å². The molecule has 5 nitrogen and oxygen atoms in total. The summed E-state index contributed by atoms with van der Waals surface area (Å²) < 4.78 is 0. The molecule has 0 aliphatic rings. The molecule has 5 N–H and O–H groups in total. The first-order chi connectivity index (χ1) is 9.69. The summed E-state index contributed by atoms with van der Waals surface area (Å²) in [5.74, 6) is 5.39. The highest BCUT2D eigenvalue weighted by atomic mass is 16.3. The van der Waals surface area contributed by atoms with Gasteiger partial charge in [-0.2, -0.15) is 0 Å². The van der Waals surface area contributed by atoms with Crippen LogP contribution in [0.1, 0.15) is 15.9 Å². The predicted octanol–water partition coefficient (Wildman–Crippen LogP) is 1.65. The minimum absolute atomic E-state index is 0.118. The number of phenolic OH excluding ortho intramolecular Hbond substituents is 1. The Morgan fingerprint density at radius 2 is 1.70 bits per heavy atom. The number of nitrogen functional groups attached to an aromatic ring is 1. The van der Waals surface area contributed by atoms with Crippen LogP contribution in [0.15, 0.2) is 48.5 Å². The van der Waals surface area contributed by atoms with Crippen molar-refractivity contribution in [2.45, 2.75) is 6.42 Å². The lowest BCUT2D eigenvalue weighted by molar-refractivity contribution is 0.0954. The summed E-state index contributed by atoms with van der Waals surface area (Å²) in [7, 11) is 0. The molecular weight excluding hydrogens is 254 g/mol. The highest BCUT2D eigenvalue weighted by molar-refractivity contribution is 5.94. The lowest BCUT2D eigenvalue weighted by atomic mass is 10.1. The Labute approximate surface area is 117 Å². The second-order valence-electron chi connectivity index (χ2n) is 4.39. The van der Waals surface area contributed by atoms with Crippen molar-refractivity contribution in [1.29, 1.82) is 0 Å². The number of carbonyl (C=O) groups is 1. The molecule has 0 bridgehead atoms. The number of rotatable bonds is 5. The molecule has 2 rings (SSSR count). The second kappa shape index (κ2) is 6.58. The van der Waals surface area contributed by atoms with E-state index in [0.29, 0.717) is 18.5 Å². The molecule has 20 heavy (non-hydrogen) atoms. The van der Waals surface area contributed by atoms with Crippen molar-refractivity contribution in [2.24, 2.45) is 5.84 Å². The monoisotopic (exact) mass is 271 g/mol. The summed E-state index contributed by atoms with van der Waals surface area (Å²) in [6.45, 7) is 0.542. The highest BCUT2D eigenvalue weighted by Crippen LogP contribution is 2.10. The van der Waals surface area contributed by atoms with Gasteiger partial charge in [0.25, 0.3) is 5.91 Å². The van der Waals surface area contributed by atoms with Crippen LogP contribution >= 0.6 is 0 Å². The molecule has 0 aromatic heterocycles. The third-order valence-electron chi connectivity index (χ3n) is 2.95. The summed E-state index contributed by atoms with van der Waals surface area (Å²) in [5, 5.41) is 12.0. The van der Waals surface area contributed by atoms with E-state index in [1.807, 2.05) is 12.1 Å². The first kappa shape index (κ1) is 13.9. The molecule has 0 atom stereocenters. The van der Waals surface area contributed by atoms with E-state index in [4.69, 9.17) is 5.84 Å². The van der Waals surface area contributed by atoms with Crippen molar-refractivity contribution in [2.75, 3.05) is 12.0 Å². The molecule has 0 heterocycles. The molecule has 2 aromatic carbocycles. The number of nitrogens with one attached hydrogen (secondary N) is 2. The number of hydrogen-bond donors (Lipinski definition) is 4. The van der Waals surface area contributed by atoms with Gasteiger partial charge in [0.1, 0.15) is 5.75 Å². The first-order valence-electron chi connectivity index (χ1n) is 6.32. The van der Waals surface area contributed by atoms with E-state index in [1.165, 1.54) is 0 Å². The Kier molecular flexibility index (Phi) is 4.57. The number of anilines is 1. The molecule has 0 unspecified atom stereocenters. The summed E-state index contributed by atoms with van der Waals surface area (Å²) in [6.07, 6.45) is 0.717. The molecule has 0 fully saturated rings. The molecule has 0 aliphatic carbocycles. The maximum atomic E-state index is 11.9. The SMILES string of the molecule is NNc1ccc(C(=O)NCCc2ccc(O)cc2)cc1. The van der Waals surface area contributed by atoms with E-state index in [-0.39, 0.29) is 11.7 Å². The normalized spacial score (nSPS) is 10.1. The number of hydrazine groups is 1. The number of phenols is 1. The van der Waals surface area contributed by atoms with Crippen LogP contribution in [0.25, 0.3) is 0 Å². The van der Waals surface area contributed by atoms with Crippen LogP contribution in [-0.4, -0.2) is 17.6 Å². The summed E-state index contributed by atoms with van der Waals surface area (Å²) in [6, 6.07) is 13.9. The fraction of sp³-hybridized carbons (Fsp3) is 0.133. The average molecular weight is 271 g/mol. The molecule has 0 saturated heterocycles. The van der Waals surface area contributed by atoms with Crippen molar-refractivity contribution in [3.63, 3.8) is 0 Å². The topological polar surface area (TPSA) is 87.4 Å². The van der Waals surface area contributed by atoms with Gasteiger partial charge in [-0.15, -0.1) is 0 Å². The molecule has 104 valence electrons. The van der Waals surface area contributed by atoms with Crippen LogP contribution < -0.4 is 16.6 Å². The molecule has 5 heteroatoms. The van der Waals surface area contributed by atoms with E-state index >= 15 is 0 Å². The van der Waals surface area contributed by atoms with Crippen LogP contribution in [0.2, 0.25) is 0 Å². The number of amides is 1. The zero-order valence-electron chi connectivity index (χ0n) is 11.0. The standard InChI is InChI=1S/C15H17N3O2/c16-18-13-5-3-12(4-6-13)15(20)17-10-9-11-1-7-14(19)8-2-11/h1-8,18-19H,9-10,16H2,(H,17,20). The van der Waals surface area contributed by atoms with E-state index in [9.17, 15) is 9.90 Å². The van der Waals surface area contributed by atoms with Gasteiger partial charge in [-0.1, -0.05) is 12.1 Å². The molecule has 0 aliphatic heterocycles. The summed E-state index contributed by atoms with van der Waals surface area (Å²) in [5.41, 5.74) is 4.92. The lowest BCUT2D eigenvalue weighted by Crippen LogP contribution is -2.25. The summed E-state index contributed by atoms with van der Waals surface area (Å²) in [4.78, 5) is 11.9. The van der Waals surface area contributed by atoms with E-state index in [2.05, 4.69) is 10.7 Å². The number of nitrogens with two attached hydrogens (primary N) is 1. The van der Waals surface area contributed by atoms with Gasteiger partial charge in [0.2, 0.25) is 0 Å². The molecule has 0 radical (unpaired) electrons. The Morgan fingerprint density at radius 1 is 1.05 bits per heavy atom. The highest BCUT2D eigenvalue weighted by Gasteiger charge is 2.04. The van der Waals surface area contributed by atoms with Crippen LogP contribution in [0.5, 0.6) is 5.75 Å². The third kappa shape index (κ3) is 3.73. The fourth-order valence-corrected chi connectivity index (χ4v) is 1.80. The third-order valence-corrected chi connectivity index (χ3v) is 2.95. The van der Waals surface area contributed by atoms with Gasteiger partial charge in [0, 0.05) is 17.8 Å².